The monoisotopic (exact) mass is 213 g/mol. The Morgan fingerprint density at radius 1 is 1.50 bits per heavy atom. The first-order valence-electron chi connectivity index (χ1n) is 4.96. The maximum absolute atomic E-state index is 8.46. The third-order valence-electron chi connectivity index (χ3n) is 2.15. The van der Waals surface area contributed by atoms with Gasteiger partial charge in [0.25, 0.3) is 0 Å². The number of hydrogen-bond donors (Lipinski definition) is 1. The van der Waals surface area contributed by atoms with Crippen LogP contribution in [0, 0.1) is 11.3 Å². The van der Waals surface area contributed by atoms with E-state index in [1.54, 1.807) is 6.20 Å². The Hall–Kier alpha value is -2.35. The van der Waals surface area contributed by atoms with Crippen molar-refractivity contribution in [2.24, 2.45) is 0 Å². The highest BCUT2D eigenvalue weighted by Crippen LogP contribution is 2.14. The summed E-state index contributed by atoms with van der Waals surface area (Å²) in [4.78, 5) is 0. The topological polar surface area (TPSA) is 64.8 Å². The van der Waals surface area contributed by atoms with Gasteiger partial charge in [0, 0.05) is 24.2 Å². The van der Waals surface area contributed by atoms with E-state index < -0.39 is 0 Å². The molecule has 80 valence electrons. The summed E-state index contributed by atoms with van der Waals surface area (Å²) < 4.78 is 0. The quantitative estimate of drug-likeness (QED) is 0.813. The van der Waals surface area contributed by atoms with E-state index in [2.05, 4.69) is 21.7 Å². The minimum Gasteiger partial charge on any atom is -0.306 e. The van der Waals surface area contributed by atoms with Gasteiger partial charge in [-0.05, 0) is 18.2 Å². The van der Waals surface area contributed by atoms with Gasteiger partial charge in [-0.25, -0.2) is 0 Å². The Bertz CT molecular complexity index is 443. The summed E-state index contributed by atoms with van der Waals surface area (Å²) in [7, 11) is 0. The standard InChI is InChI=1S/C11H11N5/c12-5-2-7-16-8-4-10(9-14-16)11-3-1-6-13-15-11/h1,3-4,6,8-9,14H,2,7H2. The van der Waals surface area contributed by atoms with E-state index in [4.69, 9.17) is 5.26 Å². The van der Waals surface area contributed by atoms with E-state index in [0.29, 0.717) is 13.0 Å². The van der Waals surface area contributed by atoms with Gasteiger partial charge >= 0.3 is 0 Å². The zero-order chi connectivity index (χ0) is 11.2. The molecule has 0 spiro atoms. The third-order valence-corrected chi connectivity index (χ3v) is 2.15. The van der Waals surface area contributed by atoms with Gasteiger partial charge in [-0.1, -0.05) is 0 Å². The van der Waals surface area contributed by atoms with Crippen molar-refractivity contribution in [2.45, 2.75) is 6.42 Å². The molecule has 5 nitrogen and oxygen atoms in total. The fraction of sp³-hybridized carbons (Fsp3) is 0.182. The summed E-state index contributed by atoms with van der Waals surface area (Å²) in [5.74, 6) is 0. The first-order valence-corrected chi connectivity index (χ1v) is 4.96. The zero-order valence-electron chi connectivity index (χ0n) is 8.67. The highest BCUT2D eigenvalue weighted by Gasteiger charge is 2.06. The SMILES string of the molecule is N#CCCN1C=CC(c2cccnn2)=CN1. The van der Waals surface area contributed by atoms with Crippen molar-refractivity contribution in [1.82, 2.24) is 20.6 Å². The number of hydrazine groups is 1. The van der Waals surface area contributed by atoms with Crippen molar-refractivity contribution < 1.29 is 0 Å². The number of nitrogens with zero attached hydrogens (tertiary/aromatic N) is 4. The van der Waals surface area contributed by atoms with Crippen LogP contribution in [-0.4, -0.2) is 21.8 Å². The highest BCUT2D eigenvalue weighted by molar-refractivity contribution is 5.71. The molecule has 2 rings (SSSR count). The third kappa shape index (κ3) is 2.36. The van der Waals surface area contributed by atoms with E-state index in [1.165, 1.54) is 0 Å². The van der Waals surface area contributed by atoms with Crippen LogP contribution < -0.4 is 5.43 Å². The van der Waals surface area contributed by atoms with Gasteiger partial charge in [-0.3, -0.25) is 5.01 Å². The average Bonchev–Trinajstić information content (AvgIpc) is 2.38. The molecule has 1 aliphatic rings. The molecule has 1 aromatic heterocycles. The lowest BCUT2D eigenvalue weighted by Gasteiger charge is -2.22. The molecule has 2 heterocycles. The molecule has 1 aliphatic heterocycles. The van der Waals surface area contributed by atoms with Crippen LogP contribution >= 0.6 is 0 Å². The lowest BCUT2D eigenvalue weighted by atomic mass is 10.2. The van der Waals surface area contributed by atoms with Crippen molar-refractivity contribution >= 4 is 5.57 Å². The van der Waals surface area contributed by atoms with Gasteiger partial charge in [-0.2, -0.15) is 15.5 Å². The van der Waals surface area contributed by atoms with Crippen LogP contribution in [0.15, 0.2) is 36.8 Å². The number of aromatic nitrogens is 2. The Morgan fingerprint density at radius 2 is 2.44 bits per heavy atom. The molecule has 0 radical (unpaired) electrons. The number of allylic oxidation sites excluding steroid dienone is 2. The summed E-state index contributed by atoms with van der Waals surface area (Å²) in [6.07, 6.45) is 7.82. The van der Waals surface area contributed by atoms with Gasteiger partial charge in [-0.15, -0.1) is 0 Å². The summed E-state index contributed by atoms with van der Waals surface area (Å²) in [6, 6.07) is 5.84. The molecule has 0 aliphatic carbocycles. The van der Waals surface area contributed by atoms with Crippen LogP contribution in [0.1, 0.15) is 12.1 Å². The average molecular weight is 213 g/mol. The Labute approximate surface area is 93.7 Å². The van der Waals surface area contributed by atoms with Crippen LogP contribution in [0.4, 0.5) is 0 Å². The maximum atomic E-state index is 8.46. The molecule has 0 amide bonds. The lowest BCUT2D eigenvalue weighted by Crippen LogP contribution is -2.31. The Kier molecular flexibility index (Phi) is 3.14. The predicted molar refractivity (Wildman–Crippen MR) is 59.2 cm³/mol. The summed E-state index contributed by atoms with van der Waals surface area (Å²) in [6.45, 7) is 0.664. The minimum absolute atomic E-state index is 0.492. The second kappa shape index (κ2) is 4.94. The Morgan fingerprint density at radius 3 is 3.06 bits per heavy atom. The molecule has 0 atom stereocenters. The second-order valence-corrected chi connectivity index (χ2v) is 3.25. The highest BCUT2D eigenvalue weighted by atomic mass is 15.5. The second-order valence-electron chi connectivity index (χ2n) is 3.25. The van der Waals surface area contributed by atoms with E-state index in [9.17, 15) is 0 Å². The van der Waals surface area contributed by atoms with Crippen molar-refractivity contribution in [3.8, 4) is 6.07 Å². The first-order chi connectivity index (χ1) is 7.90. The molecule has 0 bridgehead atoms. The summed E-state index contributed by atoms with van der Waals surface area (Å²) >= 11 is 0. The molecule has 0 fully saturated rings. The molecule has 5 heteroatoms. The maximum Gasteiger partial charge on any atom is 0.0945 e. The van der Waals surface area contributed by atoms with Gasteiger partial charge in [0.15, 0.2) is 0 Å². The van der Waals surface area contributed by atoms with Crippen molar-refractivity contribution in [2.75, 3.05) is 6.54 Å². The van der Waals surface area contributed by atoms with Gasteiger partial charge in [0.1, 0.15) is 0 Å². The van der Waals surface area contributed by atoms with Crippen LogP contribution in [0.2, 0.25) is 0 Å². The molecule has 1 N–H and O–H groups in total. The van der Waals surface area contributed by atoms with Crippen LogP contribution in [-0.2, 0) is 0 Å². The zero-order valence-corrected chi connectivity index (χ0v) is 8.67. The number of rotatable bonds is 3. The van der Waals surface area contributed by atoms with Crippen molar-refractivity contribution in [3.63, 3.8) is 0 Å². The van der Waals surface area contributed by atoms with Gasteiger partial charge in [0.05, 0.1) is 24.7 Å². The van der Waals surface area contributed by atoms with Crippen LogP contribution in [0.5, 0.6) is 0 Å². The van der Waals surface area contributed by atoms with Gasteiger partial charge in [0.2, 0.25) is 0 Å². The van der Waals surface area contributed by atoms with Crippen molar-refractivity contribution in [1.29, 1.82) is 5.26 Å². The smallest absolute Gasteiger partial charge is 0.0945 e. The molecular weight excluding hydrogens is 202 g/mol. The number of nitriles is 1. The fourth-order valence-corrected chi connectivity index (χ4v) is 1.34. The number of nitrogens with one attached hydrogen (secondary N) is 1. The minimum atomic E-state index is 0.492. The van der Waals surface area contributed by atoms with E-state index >= 15 is 0 Å². The lowest BCUT2D eigenvalue weighted by molar-refractivity contribution is 0.320. The predicted octanol–water partition coefficient (Wildman–Crippen LogP) is 1.07. The molecule has 16 heavy (non-hydrogen) atoms. The molecule has 0 unspecified atom stereocenters. The summed E-state index contributed by atoms with van der Waals surface area (Å²) in [5.41, 5.74) is 4.87. The molecule has 0 saturated carbocycles. The van der Waals surface area contributed by atoms with Crippen LogP contribution in [0.3, 0.4) is 0 Å². The van der Waals surface area contributed by atoms with E-state index in [0.717, 1.165) is 11.3 Å². The molecule has 1 aromatic rings. The van der Waals surface area contributed by atoms with E-state index in [-0.39, 0.29) is 0 Å². The largest absolute Gasteiger partial charge is 0.306 e. The fourth-order valence-electron chi connectivity index (χ4n) is 1.34. The van der Waals surface area contributed by atoms with Crippen LogP contribution in [0.25, 0.3) is 5.57 Å². The molecule has 0 aromatic carbocycles. The summed E-state index contributed by atoms with van der Waals surface area (Å²) in [5, 5.41) is 18.1. The molecule has 0 saturated heterocycles. The van der Waals surface area contributed by atoms with Gasteiger partial charge < -0.3 is 5.43 Å². The number of hydrogen-bond acceptors (Lipinski definition) is 5. The van der Waals surface area contributed by atoms with Crippen molar-refractivity contribution in [3.05, 3.63) is 42.5 Å². The Balaban J connectivity index is 2.00. The van der Waals surface area contributed by atoms with E-state index in [1.807, 2.05) is 35.6 Å². The normalized spacial score (nSPS) is 13.9. The first kappa shape index (κ1) is 10.2. The molecular formula is C11H11N5.